The minimum absolute atomic E-state index is 0.292. The van der Waals surface area contributed by atoms with Gasteiger partial charge in [0, 0.05) is 16.1 Å². The lowest BCUT2D eigenvalue weighted by Crippen LogP contribution is -2.17. The van der Waals surface area contributed by atoms with Gasteiger partial charge in [0.05, 0.1) is 12.8 Å². The number of carbonyl (C=O) groups excluding carboxylic acids is 1. The predicted octanol–water partition coefficient (Wildman–Crippen LogP) is 3.89. The molecule has 0 heterocycles. The lowest BCUT2D eigenvalue weighted by atomic mass is 10.2. The fraction of sp³-hybridized carbons (Fsp3) is 0.176. The number of halogens is 1. The van der Waals surface area contributed by atoms with Gasteiger partial charge in [-0.15, -0.1) is 0 Å². The third-order valence-electron chi connectivity index (χ3n) is 2.86. The zero-order valence-electron chi connectivity index (χ0n) is 12.3. The van der Waals surface area contributed by atoms with Gasteiger partial charge in [0.1, 0.15) is 5.75 Å². The van der Waals surface area contributed by atoms with Gasteiger partial charge in [0.2, 0.25) is 0 Å². The number of rotatable bonds is 6. The van der Waals surface area contributed by atoms with Crippen molar-refractivity contribution in [2.45, 2.75) is 13.3 Å². The monoisotopic (exact) mass is 316 g/mol. The van der Waals surface area contributed by atoms with E-state index in [0.29, 0.717) is 17.2 Å². The summed E-state index contributed by atoms with van der Waals surface area (Å²) in [4.78, 5) is 11.9. The molecule has 2 rings (SSSR count). The lowest BCUT2D eigenvalue weighted by molar-refractivity contribution is 0.0955. The molecule has 2 aromatic rings. The zero-order valence-corrected chi connectivity index (χ0v) is 13.0. The molecule has 22 heavy (non-hydrogen) atoms. The van der Waals surface area contributed by atoms with Gasteiger partial charge in [-0.3, -0.25) is 4.79 Å². The number of ether oxygens (including phenoxy) is 1. The molecule has 0 bridgehead atoms. The van der Waals surface area contributed by atoms with Crippen LogP contribution in [0.3, 0.4) is 0 Å². The SMILES string of the molecule is CCCOc1ccccc1/C=N\NC(=O)c1ccc(Cl)cc1. The van der Waals surface area contributed by atoms with E-state index in [0.717, 1.165) is 17.7 Å². The van der Waals surface area contributed by atoms with E-state index in [1.54, 1.807) is 30.5 Å². The van der Waals surface area contributed by atoms with E-state index < -0.39 is 0 Å². The summed E-state index contributed by atoms with van der Waals surface area (Å²) in [6, 6.07) is 14.1. The molecule has 0 fully saturated rings. The Kier molecular flexibility index (Phi) is 5.98. The summed E-state index contributed by atoms with van der Waals surface area (Å²) in [5.41, 5.74) is 3.79. The first-order valence-electron chi connectivity index (χ1n) is 7.01. The van der Waals surface area contributed by atoms with Crippen LogP contribution in [0.25, 0.3) is 0 Å². The van der Waals surface area contributed by atoms with E-state index in [-0.39, 0.29) is 5.91 Å². The average molecular weight is 317 g/mol. The van der Waals surface area contributed by atoms with Crippen molar-refractivity contribution in [2.24, 2.45) is 5.10 Å². The van der Waals surface area contributed by atoms with E-state index in [1.807, 2.05) is 31.2 Å². The number of hydrazone groups is 1. The van der Waals surface area contributed by atoms with E-state index in [1.165, 1.54) is 0 Å². The molecule has 0 atom stereocenters. The molecule has 4 nitrogen and oxygen atoms in total. The number of hydrogen-bond acceptors (Lipinski definition) is 3. The summed E-state index contributed by atoms with van der Waals surface area (Å²) >= 11 is 5.78. The maximum atomic E-state index is 11.9. The molecule has 114 valence electrons. The standard InChI is InChI=1S/C17H17ClN2O2/c1-2-11-22-16-6-4-3-5-14(16)12-19-20-17(21)13-7-9-15(18)10-8-13/h3-10,12H,2,11H2,1H3,(H,20,21)/b19-12-. The summed E-state index contributed by atoms with van der Waals surface area (Å²) in [7, 11) is 0. The molecule has 0 spiro atoms. The molecule has 0 unspecified atom stereocenters. The second kappa shape index (κ2) is 8.20. The largest absolute Gasteiger partial charge is 0.493 e. The lowest BCUT2D eigenvalue weighted by Gasteiger charge is -2.07. The molecule has 1 N–H and O–H groups in total. The van der Waals surface area contributed by atoms with Gasteiger partial charge in [-0.1, -0.05) is 30.7 Å². The van der Waals surface area contributed by atoms with E-state index in [4.69, 9.17) is 16.3 Å². The normalized spacial score (nSPS) is 10.6. The zero-order chi connectivity index (χ0) is 15.8. The van der Waals surface area contributed by atoms with Crippen LogP contribution in [-0.4, -0.2) is 18.7 Å². The van der Waals surface area contributed by atoms with E-state index in [2.05, 4.69) is 10.5 Å². The molecule has 5 heteroatoms. The first-order valence-corrected chi connectivity index (χ1v) is 7.39. The molecular formula is C17H17ClN2O2. The van der Waals surface area contributed by atoms with Crippen LogP contribution in [0.4, 0.5) is 0 Å². The highest BCUT2D eigenvalue weighted by Crippen LogP contribution is 2.16. The maximum absolute atomic E-state index is 11.9. The van der Waals surface area contributed by atoms with E-state index >= 15 is 0 Å². The Morgan fingerprint density at radius 3 is 2.68 bits per heavy atom. The first-order chi connectivity index (χ1) is 10.7. The number of nitrogens with one attached hydrogen (secondary N) is 1. The van der Waals surface area contributed by atoms with Gasteiger partial charge < -0.3 is 4.74 Å². The minimum atomic E-state index is -0.292. The highest BCUT2D eigenvalue weighted by Gasteiger charge is 2.04. The molecule has 0 saturated heterocycles. The van der Waals surface area contributed by atoms with Crippen LogP contribution in [0, 0.1) is 0 Å². The van der Waals surface area contributed by atoms with Crippen molar-refractivity contribution in [3.8, 4) is 5.75 Å². The third-order valence-corrected chi connectivity index (χ3v) is 3.11. The van der Waals surface area contributed by atoms with Crippen LogP contribution in [0.1, 0.15) is 29.3 Å². The predicted molar refractivity (Wildman–Crippen MR) is 88.7 cm³/mol. The number of para-hydroxylation sites is 1. The van der Waals surface area contributed by atoms with Crippen molar-refractivity contribution in [3.63, 3.8) is 0 Å². The average Bonchev–Trinajstić information content (AvgIpc) is 2.54. The summed E-state index contributed by atoms with van der Waals surface area (Å²) in [6.45, 7) is 2.69. The van der Waals surface area contributed by atoms with Crippen molar-refractivity contribution < 1.29 is 9.53 Å². The summed E-state index contributed by atoms with van der Waals surface area (Å²) in [6.07, 6.45) is 2.50. The molecule has 0 radical (unpaired) electrons. The topological polar surface area (TPSA) is 50.7 Å². The molecule has 0 aliphatic rings. The Morgan fingerprint density at radius 2 is 1.95 bits per heavy atom. The molecule has 1 amide bonds. The molecule has 0 aliphatic carbocycles. The van der Waals surface area contributed by atoms with Crippen molar-refractivity contribution in [2.75, 3.05) is 6.61 Å². The Bertz CT molecular complexity index is 654. The smallest absolute Gasteiger partial charge is 0.271 e. The van der Waals surface area contributed by atoms with Gasteiger partial charge >= 0.3 is 0 Å². The molecule has 0 aromatic heterocycles. The van der Waals surface area contributed by atoms with Crippen LogP contribution >= 0.6 is 11.6 Å². The van der Waals surface area contributed by atoms with Crippen molar-refractivity contribution in [3.05, 3.63) is 64.7 Å². The number of amides is 1. The number of hydrogen-bond donors (Lipinski definition) is 1. The first kappa shape index (κ1) is 16.0. The van der Waals surface area contributed by atoms with Gasteiger partial charge in [0.25, 0.3) is 5.91 Å². The minimum Gasteiger partial charge on any atom is -0.493 e. The van der Waals surface area contributed by atoms with Gasteiger partial charge in [0.15, 0.2) is 0 Å². The molecule has 2 aromatic carbocycles. The fourth-order valence-electron chi connectivity index (χ4n) is 1.76. The summed E-state index contributed by atoms with van der Waals surface area (Å²) in [5.74, 6) is 0.453. The second-order valence-corrected chi connectivity index (χ2v) is 5.03. The number of nitrogens with zero attached hydrogens (tertiary/aromatic N) is 1. The van der Waals surface area contributed by atoms with Crippen LogP contribution in [-0.2, 0) is 0 Å². The highest BCUT2D eigenvalue weighted by atomic mass is 35.5. The second-order valence-electron chi connectivity index (χ2n) is 4.59. The third kappa shape index (κ3) is 4.60. The Hall–Kier alpha value is -2.33. The quantitative estimate of drug-likeness (QED) is 0.649. The molecule has 0 aliphatic heterocycles. The van der Waals surface area contributed by atoms with Crippen molar-refractivity contribution >= 4 is 23.7 Å². The van der Waals surface area contributed by atoms with Crippen molar-refractivity contribution in [1.29, 1.82) is 0 Å². The fourth-order valence-corrected chi connectivity index (χ4v) is 1.88. The highest BCUT2D eigenvalue weighted by molar-refractivity contribution is 6.30. The van der Waals surface area contributed by atoms with E-state index in [9.17, 15) is 4.79 Å². The Balaban J connectivity index is 2.00. The van der Waals surface area contributed by atoms with Gasteiger partial charge in [-0.25, -0.2) is 5.43 Å². The number of benzene rings is 2. The van der Waals surface area contributed by atoms with Gasteiger partial charge in [-0.2, -0.15) is 5.10 Å². The maximum Gasteiger partial charge on any atom is 0.271 e. The Labute approximate surface area is 134 Å². The Morgan fingerprint density at radius 1 is 1.23 bits per heavy atom. The number of carbonyl (C=O) groups is 1. The molecular weight excluding hydrogens is 300 g/mol. The summed E-state index contributed by atoms with van der Waals surface area (Å²) < 4.78 is 5.62. The van der Waals surface area contributed by atoms with Crippen molar-refractivity contribution in [1.82, 2.24) is 5.43 Å². The summed E-state index contributed by atoms with van der Waals surface area (Å²) in [5, 5.41) is 4.56. The van der Waals surface area contributed by atoms with Crippen LogP contribution in [0.15, 0.2) is 53.6 Å². The van der Waals surface area contributed by atoms with Crippen LogP contribution in [0.5, 0.6) is 5.75 Å². The van der Waals surface area contributed by atoms with Gasteiger partial charge in [-0.05, 0) is 42.8 Å². The van der Waals surface area contributed by atoms with Crippen LogP contribution in [0.2, 0.25) is 5.02 Å². The van der Waals surface area contributed by atoms with Crippen LogP contribution < -0.4 is 10.2 Å². The molecule has 0 saturated carbocycles.